The van der Waals surface area contributed by atoms with Gasteiger partial charge in [-0.1, -0.05) is 41.4 Å². The van der Waals surface area contributed by atoms with Crippen molar-refractivity contribution in [3.05, 3.63) is 81.6 Å². The van der Waals surface area contributed by atoms with Gasteiger partial charge in [0, 0.05) is 43.7 Å². The number of halogens is 4. The maximum absolute atomic E-state index is 14.2. The Morgan fingerprint density at radius 1 is 1.05 bits per heavy atom. The van der Waals surface area contributed by atoms with E-state index in [1.165, 1.54) is 4.90 Å². The van der Waals surface area contributed by atoms with Gasteiger partial charge in [-0.3, -0.25) is 14.5 Å². The Labute approximate surface area is 229 Å². The Morgan fingerprint density at radius 2 is 1.69 bits per heavy atom. The van der Waals surface area contributed by atoms with E-state index < -0.39 is 29.2 Å². The van der Waals surface area contributed by atoms with Crippen LogP contribution in [-0.2, 0) is 11.0 Å². The number of carbonyl (C=O) groups excluding carboxylic acids is 2. The number of hydrogen-bond acceptors (Lipinski definition) is 4. The number of benzene rings is 2. The summed E-state index contributed by atoms with van der Waals surface area (Å²) in [6, 6.07) is 11.9. The van der Waals surface area contributed by atoms with E-state index in [9.17, 15) is 22.8 Å². The lowest BCUT2D eigenvalue weighted by molar-refractivity contribution is -0.143. The Kier molecular flexibility index (Phi) is 7.19. The lowest BCUT2D eigenvalue weighted by Gasteiger charge is -2.29. The second-order valence-corrected chi connectivity index (χ2v) is 10.9. The van der Waals surface area contributed by atoms with E-state index in [0.29, 0.717) is 31.2 Å². The number of likely N-dealkylation sites (tertiary alicyclic amines) is 2. The summed E-state index contributed by atoms with van der Waals surface area (Å²) in [5, 5.41) is 4.54. The van der Waals surface area contributed by atoms with Crippen molar-refractivity contribution < 1.29 is 22.8 Å². The molecule has 0 spiro atoms. The van der Waals surface area contributed by atoms with Gasteiger partial charge in [0.15, 0.2) is 5.69 Å². The third kappa shape index (κ3) is 5.40. The van der Waals surface area contributed by atoms with Gasteiger partial charge in [0.25, 0.3) is 5.91 Å². The van der Waals surface area contributed by atoms with Crippen molar-refractivity contribution in [2.75, 3.05) is 26.2 Å². The maximum atomic E-state index is 14.2. The first-order valence-corrected chi connectivity index (χ1v) is 13.1. The molecule has 0 radical (unpaired) electrons. The Balaban J connectivity index is 1.34. The predicted octanol–water partition coefficient (Wildman–Crippen LogP) is 4.78. The van der Waals surface area contributed by atoms with Gasteiger partial charge < -0.3 is 10.6 Å². The molecule has 2 saturated heterocycles. The topological polar surface area (TPSA) is 84.5 Å². The normalized spacial score (nSPS) is 20.3. The number of nitrogens with zero attached hydrogens (tertiary/aromatic N) is 4. The maximum Gasteiger partial charge on any atom is 0.434 e. The van der Waals surface area contributed by atoms with Gasteiger partial charge in [0.05, 0.1) is 17.4 Å². The highest BCUT2D eigenvalue weighted by Gasteiger charge is 2.46. The number of primary amides is 1. The zero-order valence-electron chi connectivity index (χ0n) is 21.6. The average molecular weight is 560 g/mol. The third-order valence-corrected chi connectivity index (χ3v) is 8.17. The number of aromatic nitrogens is 2. The first-order chi connectivity index (χ1) is 18.4. The second-order valence-electron chi connectivity index (χ2n) is 10.5. The van der Waals surface area contributed by atoms with E-state index in [-0.39, 0.29) is 30.0 Å². The van der Waals surface area contributed by atoms with Crippen LogP contribution >= 0.6 is 11.6 Å². The van der Waals surface area contributed by atoms with Crippen LogP contribution in [0.25, 0.3) is 5.69 Å². The van der Waals surface area contributed by atoms with Gasteiger partial charge in [0.1, 0.15) is 0 Å². The number of aryl methyl sites for hydroxylation is 2. The summed E-state index contributed by atoms with van der Waals surface area (Å²) < 4.78 is 43.3. The number of amides is 2. The fourth-order valence-electron chi connectivity index (χ4n) is 5.74. The molecular weight excluding hydrogens is 531 g/mol. The SMILES string of the molecule is Cc1ccc(-n2ncc(C(=O)N3CC4CN(C(CC(N)=O)c5ccc(C)c(Cl)c5)CC4C3)c2C(F)(F)F)cc1. The number of hydrogen-bond donors (Lipinski definition) is 1. The summed E-state index contributed by atoms with van der Waals surface area (Å²) in [6.07, 6.45) is -3.64. The molecule has 2 N–H and O–H groups in total. The number of alkyl halides is 3. The van der Waals surface area contributed by atoms with Gasteiger partial charge in [-0.25, -0.2) is 4.68 Å². The van der Waals surface area contributed by atoms with Crippen LogP contribution in [-0.4, -0.2) is 57.6 Å². The van der Waals surface area contributed by atoms with E-state index in [1.807, 2.05) is 32.0 Å². The summed E-state index contributed by atoms with van der Waals surface area (Å²) in [6.45, 7) is 5.56. The molecule has 5 rings (SSSR count). The van der Waals surface area contributed by atoms with Crippen molar-refractivity contribution in [2.45, 2.75) is 32.5 Å². The molecule has 11 heteroatoms. The minimum absolute atomic E-state index is 0.0618. The molecule has 2 fully saturated rings. The molecule has 2 aromatic carbocycles. The summed E-state index contributed by atoms with van der Waals surface area (Å²) in [5.41, 5.74) is 6.97. The van der Waals surface area contributed by atoms with Crippen LogP contribution < -0.4 is 5.73 Å². The standard InChI is InChI=1S/C28H29ClF3N5O2/c1-16-3-7-21(8-4-16)37-26(28(30,31)32)22(11-34-37)27(39)36-14-19-12-35(13-20(19)15-36)24(10-25(33)38)18-6-5-17(2)23(29)9-18/h3-9,11,19-20,24H,10,12-15H2,1-2H3,(H2,33,38). The highest BCUT2D eigenvalue weighted by molar-refractivity contribution is 6.31. The summed E-state index contributed by atoms with van der Waals surface area (Å²) >= 11 is 6.34. The smallest absolute Gasteiger partial charge is 0.370 e. The molecule has 0 bridgehead atoms. The summed E-state index contributed by atoms with van der Waals surface area (Å²) in [5.74, 6) is -0.991. The molecule has 3 unspecified atom stereocenters. The van der Waals surface area contributed by atoms with Crippen molar-refractivity contribution in [1.82, 2.24) is 19.6 Å². The van der Waals surface area contributed by atoms with Crippen LogP contribution in [0, 0.1) is 25.7 Å². The molecule has 7 nitrogen and oxygen atoms in total. The average Bonchev–Trinajstić information content (AvgIpc) is 3.57. The van der Waals surface area contributed by atoms with E-state index >= 15 is 0 Å². The molecule has 0 saturated carbocycles. The predicted molar refractivity (Wildman–Crippen MR) is 141 cm³/mol. The van der Waals surface area contributed by atoms with Crippen LogP contribution in [0.4, 0.5) is 13.2 Å². The van der Waals surface area contributed by atoms with Crippen LogP contribution in [0.3, 0.4) is 0 Å². The minimum Gasteiger partial charge on any atom is -0.370 e. The molecule has 206 valence electrons. The highest BCUT2D eigenvalue weighted by atomic mass is 35.5. The second kappa shape index (κ2) is 10.3. The fraction of sp³-hybridized carbons (Fsp3) is 0.393. The number of rotatable bonds is 6. The lowest BCUT2D eigenvalue weighted by atomic mass is 10.0. The van der Waals surface area contributed by atoms with E-state index in [2.05, 4.69) is 10.00 Å². The first-order valence-electron chi connectivity index (χ1n) is 12.7. The van der Waals surface area contributed by atoms with Gasteiger partial charge in [0.2, 0.25) is 5.91 Å². The quantitative estimate of drug-likeness (QED) is 0.471. The summed E-state index contributed by atoms with van der Waals surface area (Å²) in [4.78, 5) is 28.9. The molecular formula is C28H29ClF3N5O2. The number of fused-ring (bicyclic) bond motifs is 1. The van der Waals surface area contributed by atoms with Crippen molar-refractivity contribution in [3.8, 4) is 5.69 Å². The van der Waals surface area contributed by atoms with Gasteiger partial charge in [-0.2, -0.15) is 18.3 Å². The zero-order chi connectivity index (χ0) is 28.1. The van der Waals surface area contributed by atoms with Crippen LogP contribution in [0.2, 0.25) is 5.02 Å². The van der Waals surface area contributed by atoms with E-state index in [1.54, 1.807) is 24.3 Å². The third-order valence-electron chi connectivity index (χ3n) is 7.76. The molecule has 2 aliphatic heterocycles. The monoisotopic (exact) mass is 559 g/mol. The Morgan fingerprint density at radius 3 is 2.26 bits per heavy atom. The Bertz CT molecular complexity index is 1390. The zero-order valence-corrected chi connectivity index (χ0v) is 22.3. The van der Waals surface area contributed by atoms with Crippen molar-refractivity contribution in [2.24, 2.45) is 17.6 Å². The largest absolute Gasteiger partial charge is 0.434 e. The number of nitrogens with two attached hydrogens (primary N) is 1. The van der Waals surface area contributed by atoms with Crippen LogP contribution in [0.15, 0.2) is 48.7 Å². The molecule has 3 atom stereocenters. The van der Waals surface area contributed by atoms with E-state index in [4.69, 9.17) is 17.3 Å². The molecule has 1 aromatic heterocycles. The minimum atomic E-state index is -4.77. The van der Waals surface area contributed by atoms with Crippen LogP contribution in [0.5, 0.6) is 0 Å². The Hall–Kier alpha value is -3.37. The van der Waals surface area contributed by atoms with Crippen molar-refractivity contribution >= 4 is 23.4 Å². The number of carbonyl (C=O) groups is 2. The van der Waals surface area contributed by atoms with Crippen molar-refractivity contribution in [1.29, 1.82) is 0 Å². The molecule has 3 heterocycles. The van der Waals surface area contributed by atoms with E-state index in [0.717, 1.165) is 27.6 Å². The molecule has 0 aliphatic carbocycles. The summed E-state index contributed by atoms with van der Waals surface area (Å²) in [7, 11) is 0. The molecule has 2 amide bonds. The molecule has 3 aromatic rings. The van der Waals surface area contributed by atoms with Crippen LogP contribution in [0.1, 0.15) is 45.2 Å². The first kappa shape index (κ1) is 27.2. The fourth-order valence-corrected chi connectivity index (χ4v) is 5.93. The highest BCUT2D eigenvalue weighted by Crippen LogP contribution is 2.40. The molecule has 2 aliphatic rings. The van der Waals surface area contributed by atoms with Gasteiger partial charge >= 0.3 is 6.18 Å². The van der Waals surface area contributed by atoms with Crippen molar-refractivity contribution in [3.63, 3.8) is 0 Å². The lowest BCUT2D eigenvalue weighted by Crippen LogP contribution is -2.36. The van der Waals surface area contributed by atoms with Gasteiger partial charge in [-0.05, 0) is 55.0 Å². The van der Waals surface area contributed by atoms with Gasteiger partial charge in [-0.15, -0.1) is 0 Å². The molecule has 39 heavy (non-hydrogen) atoms.